The fourth-order valence-electron chi connectivity index (χ4n) is 3.31. The third-order valence-electron chi connectivity index (χ3n) is 4.95. The number of methoxy groups -OCH3 is 1. The number of nitrogens with zero attached hydrogens (tertiary/aromatic N) is 1. The lowest BCUT2D eigenvalue weighted by Crippen LogP contribution is -2.27. The summed E-state index contributed by atoms with van der Waals surface area (Å²) >= 11 is 6.60. The second kappa shape index (κ2) is 10.9. The van der Waals surface area contributed by atoms with Crippen LogP contribution in [-0.4, -0.2) is 23.2 Å². The van der Waals surface area contributed by atoms with Gasteiger partial charge in [0.1, 0.15) is 12.4 Å². The quantitative estimate of drug-likeness (QED) is 0.203. The van der Waals surface area contributed by atoms with E-state index in [0.29, 0.717) is 32.0 Å². The van der Waals surface area contributed by atoms with Gasteiger partial charge in [0, 0.05) is 3.57 Å². The number of hydrogen-bond acceptors (Lipinski definition) is 5. The van der Waals surface area contributed by atoms with E-state index in [0.717, 1.165) is 20.9 Å². The molecule has 0 radical (unpaired) electrons. The average Bonchev–Trinajstić information content (AvgIpc) is 3.06. The molecule has 9 heteroatoms. The Morgan fingerprint density at radius 3 is 2.56 bits per heavy atom. The van der Waals surface area contributed by atoms with E-state index in [4.69, 9.17) is 9.47 Å². The normalized spacial score (nSPS) is 14.7. The molecule has 4 rings (SSSR count). The van der Waals surface area contributed by atoms with Crippen LogP contribution in [0.3, 0.4) is 0 Å². The molecule has 3 aromatic rings. The largest absolute Gasteiger partial charge is 0.493 e. The van der Waals surface area contributed by atoms with E-state index in [9.17, 15) is 14.0 Å². The summed E-state index contributed by atoms with van der Waals surface area (Å²) in [5, 5.41) is -0.309. The summed E-state index contributed by atoms with van der Waals surface area (Å²) in [6.07, 6.45) is 1.66. The summed E-state index contributed by atoms with van der Waals surface area (Å²) in [5.41, 5.74) is 2.23. The maximum Gasteiger partial charge on any atom is 0.293 e. The molecule has 1 saturated heterocycles. The van der Waals surface area contributed by atoms with Crippen molar-refractivity contribution in [3.63, 3.8) is 0 Å². The molecule has 0 N–H and O–H groups in total. The van der Waals surface area contributed by atoms with Crippen molar-refractivity contribution in [2.24, 2.45) is 0 Å². The zero-order valence-corrected chi connectivity index (χ0v) is 22.4. The lowest BCUT2D eigenvalue weighted by atomic mass is 10.1. The summed E-state index contributed by atoms with van der Waals surface area (Å²) in [6, 6.07) is 17.3. The van der Waals surface area contributed by atoms with Gasteiger partial charge in [0.05, 0.1) is 23.0 Å². The molecule has 34 heavy (non-hydrogen) atoms. The average molecular weight is 654 g/mol. The fourth-order valence-corrected chi connectivity index (χ4v) is 5.08. The number of imide groups is 1. The standard InChI is InChI=1S/C25H18BrFINO4S/c1-32-21-11-17(10-20(26)23(21)33-14-16-3-2-4-18(27)9-16)12-22-24(30)29(25(31)34-22)13-15-5-7-19(28)8-6-15/h2-12H,13-14H2,1H3/b22-12+. The number of amides is 2. The third-order valence-corrected chi connectivity index (χ3v) is 7.16. The highest BCUT2D eigenvalue weighted by atomic mass is 127. The van der Waals surface area contributed by atoms with E-state index in [1.807, 2.05) is 24.3 Å². The molecule has 2 amide bonds. The van der Waals surface area contributed by atoms with Crippen LogP contribution >= 0.6 is 50.3 Å². The number of carbonyl (C=O) groups is 2. The Morgan fingerprint density at radius 1 is 1.09 bits per heavy atom. The molecule has 174 valence electrons. The number of thioether (sulfide) groups is 1. The van der Waals surface area contributed by atoms with Crippen molar-refractivity contribution in [1.82, 2.24) is 4.90 Å². The third kappa shape index (κ3) is 5.81. The molecule has 0 aromatic heterocycles. The molecule has 0 unspecified atom stereocenters. The summed E-state index contributed by atoms with van der Waals surface area (Å²) in [7, 11) is 1.51. The molecule has 0 aliphatic carbocycles. The molecule has 0 saturated carbocycles. The number of rotatable bonds is 7. The summed E-state index contributed by atoms with van der Waals surface area (Å²) in [4.78, 5) is 27.0. The first-order valence-corrected chi connectivity index (χ1v) is 12.8. The minimum atomic E-state index is -0.338. The molecule has 3 aromatic carbocycles. The molecule has 1 aliphatic rings. The number of halogens is 3. The Bertz CT molecular complexity index is 1280. The molecule has 0 bridgehead atoms. The van der Waals surface area contributed by atoms with Gasteiger partial charge in [-0.1, -0.05) is 24.3 Å². The predicted octanol–water partition coefficient (Wildman–Crippen LogP) is 7.02. The molecule has 1 heterocycles. The Kier molecular flexibility index (Phi) is 7.95. The predicted molar refractivity (Wildman–Crippen MR) is 142 cm³/mol. The van der Waals surface area contributed by atoms with Crippen molar-refractivity contribution in [1.29, 1.82) is 0 Å². The molecule has 5 nitrogen and oxygen atoms in total. The van der Waals surface area contributed by atoms with Crippen LogP contribution in [0.15, 0.2) is 70.0 Å². The van der Waals surface area contributed by atoms with E-state index in [-0.39, 0.29) is 30.1 Å². The highest BCUT2D eigenvalue weighted by Crippen LogP contribution is 2.39. The summed E-state index contributed by atoms with van der Waals surface area (Å²) < 4.78 is 26.5. The Hall–Kier alpha value is -2.37. The molecule has 1 aliphatic heterocycles. The van der Waals surface area contributed by atoms with Crippen molar-refractivity contribution < 1.29 is 23.5 Å². The Morgan fingerprint density at radius 2 is 1.85 bits per heavy atom. The first-order chi connectivity index (χ1) is 16.3. The van der Waals surface area contributed by atoms with Crippen LogP contribution in [0.2, 0.25) is 0 Å². The van der Waals surface area contributed by atoms with Gasteiger partial charge in [-0.25, -0.2) is 4.39 Å². The lowest BCUT2D eigenvalue weighted by Gasteiger charge is -2.14. The fraction of sp³-hybridized carbons (Fsp3) is 0.120. The molecular weight excluding hydrogens is 636 g/mol. The Balaban J connectivity index is 1.53. The van der Waals surface area contributed by atoms with Gasteiger partial charge in [0.2, 0.25) is 0 Å². The van der Waals surface area contributed by atoms with Crippen LogP contribution in [0.25, 0.3) is 6.08 Å². The number of benzene rings is 3. The van der Waals surface area contributed by atoms with Gasteiger partial charge < -0.3 is 9.47 Å². The van der Waals surface area contributed by atoms with Crippen LogP contribution in [0, 0.1) is 9.39 Å². The first-order valence-electron chi connectivity index (χ1n) is 10.1. The van der Waals surface area contributed by atoms with E-state index >= 15 is 0 Å². The van der Waals surface area contributed by atoms with E-state index in [1.165, 1.54) is 24.1 Å². The summed E-state index contributed by atoms with van der Waals surface area (Å²) in [6.45, 7) is 0.377. The van der Waals surface area contributed by atoms with Crippen LogP contribution in [0.1, 0.15) is 16.7 Å². The zero-order chi connectivity index (χ0) is 24.2. The van der Waals surface area contributed by atoms with Crippen LogP contribution in [0.5, 0.6) is 11.5 Å². The van der Waals surface area contributed by atoms with Gasteiger partial charge in [0.25, 0.3) is 11.1 Å². The van der Waals surface area contributed by atoms with E-state index < -0.39 is 0 Å². The molecular formula is C25H18BrFINO4S. The second-order valence-electron chi connectivity index (χ2n) is 7.35. The van der Waals surface area contributed by atoms with E-state index in [1.54, 1.807) is 30.3 Å². The van der Waals surface area contributed by atoms with Crippen molar-refractivity contribution >= 4 is 67.5 Å². The minimum Gasteiger partial charge on any atom is -0.493 e. The molecule has 0 spiro atoms. The zero-order valence-electron chi connectivity index (χ0n) is 17.9. The molecule has 0 atom stereocenters. The maximum atomic E-state index is 13.4. The van der Waals surface area contributed by atoms with Gasteiger partial charge in [0.15, 0.2) is 11.5 Å². The number of hydrogen-bond donors (Lipinski definition) is 0. The smallest absolute Gasteiger partial charge is 0.293 e. The monoisotopic (exact) mass is 653 g/mol. The van der Waals surface area contributed by atoms with Crippen LogP contribution < -0.4 is 9.47 Å². The number of carbonyl (C=O) groups excluding carboxylic acids is 2. The van der Waals surface area contributed by atoms with Crippen LogP contribution in [-0.2, 0) is 17.9 Å². The Labute approximate surface area is 222 Å². The van der Waals surface area contributed by atoms with Crippen molar-refractivity contribution in [3.8, 4) is 11.5 Å². The highest BCUT2D eigenvalue weighted by molar-refractivity contribution is 14.1. The SMILES string of the molecule is COc1cc(/C=C2/SC(=O)N(Cc3ccc(I)cc3)C2=O)cc(Br)c1OCc1cccc(F)c1. The second-order valence-corrected chi connectivity index (χ2v) is 10.4. The van der Waals surface area contributed by atoms with Gasteiger partial charge >= 0.3 is 0 Å². The van der Waals surface area contributed by atoms with Crippen molar-refractivity contribution in [3.05, 3.63) is 96.1 Å². The first kappa shape index (κ1) is 24.7. The van der Waals surface area contributed by atoms with Crippen LogP contribution in [0.4, 0.5) is 9.18 Å². The minimum absolute atomic E-state index is 0.156. The summed E-state index contributed by atoms with van der Waals surface area (Å²) in [5.74, 6) is 0.222. The highest BCUT2D eigenvalue weighted by Gasteiger charge is 2.35. The van der Waals surface area contributed by atoms with E-state index in [2.05, 4.69) is 38.5 Å². The van der Waals surface area contributed by atoms with Gasteiger partial charge in [-0.15, -0.1) is 0 Å². The topological polar surface area (TPSA) is 55.8 Å². The van der Waals surface area contributed by atoms with Gasteiger partial charge in [-0.2, -0.15) is 0 Å². The maximum absolute atomic E-state index is 13.4. The number of ether oxygens (including phenoxy) is 2. The van der Waals surface area contributed by atoms with Crippen molar-refractivity contribution in [2.75, 3.05) is 7.11 Å². The van der Waals surface area contributed by atoms with Gasteiger partial charge in [-0.3, -0.25) is 14.5 Å². The van der Waals surface area contributed by atoms with Crippen molar-refractivity contribution in [2.45, 2.75) is 13.2 Å². The lowest BCUT2D eigenvalue weighted by molar-refractivity contribution is -0.123. The van der Waals surface area contributed by atoms with Gasteiger partial charge in [-0.05, 0) is 109 Å². The molecule has 1 fully saturated rings.